The molecule has 0 aliphatic rings. The van der Waals surface area contributed by atoms with Crippen molar-refractivity contribution >= 4 is 17.2 Å². The highest BCUT2D eigenvalue weighted by Gasteiger charge is 2.05. The lowest BCUT2D eigenvalue weighted by molar-refractivity contribution is 0.101. The molecule has 0 radical (unpaired) electrons. The Balaban J connectivity index is 2.53. The van der Waals surface area contributed by atoms with Crippen LogP contribution in [0.2, 0.25) is 0 Å². The first-order valence-corrected chi connectivity index (χ1v) is 5.34. The van der Waals surface area contributed by atoms with Crippen molar-refractivity contribution in [3.8, 4) is 11.1 Å². The van der Waals surface area contributed by atoms with Gasteiger partial charge in [0.15, 0.2) is 5.78 Å². The zero-order chi connectivity index (χ0) is 12.4. The minimum Gasteiger partial charge on any atom is -0.399 e. The van der Waals surface area contributed by atoms with Gasteiger partial charge < -0.3 is 11.5 Å². The number of Topliss-reactive ketones (excluding diaryl/α,β-unsaturated/α-hetero) is 1. The Bertz CT molecular complexity index is 576. The molecule has 2 aromatic carbocycles. The molecule has 2 rings (SSSR count). The number of carbonyl (C=O) groups excluding carboxylic acids is 1. The lowest BCUT2D eigenvalue weighted by Gasteiger charge is -2.07. The second-order valence-electron chi connectivity index (χ2n) is 3.98. The molecule has 86 valence electrons. The highest BCUT2D eigenvalue weighted by Crippen LogP contribution is 2.28. The van der Waals surface area contributed by atoms with Gasteiger partial charge in [-0.1, -0.05) is 24.3 Å². The van der Waals surface area contributed by atoms with Crippen LogP contribution in [0.25, 0.3) is 11.1 Å². The summed E-state index contributed by atoms with van der Waals surface area (Å²) in [6.45, 7) is 1.55. The second kappa shape index (κ2) is 4.29. The van der Waals surface area contributed by atoms with Crippen LogP contribution >= 0.6 is 0 Å². The molecule has 0 amide bonds. The maximum absolute atomic E-state index is 11.3. The Morgan fingerprint density at radius 1 is 1.06 bits per heavy atom. The van der Waals surface area contributed by atoms with Crippen LogP contribution in [0.1, 0.15) is 17.3 Å². The Morgan fingerprint density at radius 2 is 1.82 bits per heavy atom. The minimum atomic E-state index is 0.0425. The molecule has 0 unspecified atom stereocenters. The molecule has 0 heterocycles. The van der Waals surface area contributed by atoms with E-state index in [1.54, 1.807) is 25.1 Å². The van der Waals surface area contributed by atoms with Crippen LogP contribution in [0.4, 0.5) is 11.4 Å². The van der Waals surface area contributed by atoms with E-state index in [1.165, 1.54) is 0 Å². The first-order valence-electron chi connectivity index (χ1n) is 5.34. The first-order chi connectivity index (χ1) is 8.08. The fraction of sp³-hybridized carbons (Fsp3) is 0.0714. The van der Waals surface area contributed by atoms with Crippen molar-refractivity contribution < 1.29 is 4.79 Å². The average molecular weight is 226 g/mol. The number of hydrogen-bond acceptors (Lipinski definition) is 3. The number of hydrogen-bond donors (Lipinski definition) is 2. The molecule has 3 heteroatoms. The molecule has 0 bridgehead atoms. The molecule has 0 aromatic heterocycles. The molecule has 0 fully saturated rings. The molecule has 17 heavy (non-hydrogen) atoms. The number of carbonyl (C=O) groups is 1. The fourth-order valence-electron chi connectivity index (χ4n) is 1.75. The molecule has 0 spiro atoms. The van der Waals surface area contributed by atoms with Crippen molar-refractivity contribution in [2.24, 2.45) is 0 Å². The highest BCUT2D eigenvalue weighted by molar-refractivity contribution is 5.95. The van der Waals surface area contributed by atoms with Crippen LogP contribution in [-0.4, -0.2) is 5.78 Å². The van der Waals surface area contributed by atoms with Gasteiger partial charge in [-0.05, 0) is 30.7 Å². The summed E-state index contributed by atoms with van der Waals surface area (Å²) in [6, 6.07) is 12.8. The third kappa shape index (κ3) is 2.28. The van der Waals surface area contributed by atoms with Crippen molar-refractivity contribution in [1.29, 1.82) is 0 Å². The fourth-order valence-corrected chi connectivity index (χ4v) is 1.75. The molecular weight excluding hydrogens is 212 g/mol. The Morgan fingerprint density at radius 3 is 2.47 bits per heavy atom. The summed E-state index contributed by atoms with van der Waals surface area (Å²) in [5.41, 5.74) is 15.3. The maximum atomic E-state index is 11.3. The first kappa shape index (κ1) is 11.2. The van der Waals surface area contributed by atoms with Gasteiger partial charge in [-0.3, -0.25) is 4.79 Å². The van der Waals surface area contributed by atoms with Crippen molar-refractivity contribution in [2.75, 3.05) is 11.5 Å². The summed E-state index contributed by atoms with van der Waals surface area (Å²) in [5, 5.41) is 0. The van der Waals surface area contributed by atoms with E-state index in [0.717, 1.165) is 11.1 Å². The predicted molar refractivity (Wildman–Crippen MR) is 70.7 cm³/mol. The number of ketones is 1. The van der Waals surface area contributed by atoms with Crippen molar-refractivity contribution in [2.45, 2.75) is 6.92 Å². The van der Waals surface area contributed by atoms with Crippen LogP contribution in [-0.2, 0) is 0 Å². The number of rotatable bonds is 2. The lowest BCUT2D eigenvalue weighted by Crippen LogP contribution is -1.95. The Labute approximate surface area is 100 Å². The predicted octanol–water partition coefficient (Wildman–Crippen LogP) is 2.72. The molecule has 4 N–H and O–H groups in total. The summed E-state index contributed by atoms with van der Waals surface area (Å²) in [4.78, 5) is 11.3. The molecule has 0 saturated carbocycles. The normalized spacial score (nSPS) is 10.2. The standard InChI is InChI=1S/C14H14N2O/c1-9(17)10-3-2-4-11(7-10)13-6-5-12(15)8-14(13)16/h2-8H,15-16H2,1H3. The number of anilines is 2. The maximum Gasteiger partial charge on any atom is 0.159 e. The summed E-state index contributed by atoms with van der Waals surface area (Å²) in [6.07, 6.45) is 0. The third-order valence-electron chi connectivity index (χ3n) is 2.66. The van der Waals surface area contributed by atoms with Gasteiger partial charge in [0.25, 0.3) is 0 Å². The van der Waals surface area contributed by atoms with E-state index < -0.39 is 0 Å². The quantitative estimate of drug-likeness (QED) is 0.611. The molecule has 0 atom stereocenters. The van der Waals surface area contributed by atoms with Crippen molar-refractivity contribution in [3.63, 3.8) is 0 Å². The summed E-state index contributed by atoms with van der Waals surface area (Å²) < 4.78 is 0. The van der Waals surface area contributed by atoms with Crippen LogP contribution < -0.4 is 11.5 Å². The molecule has 0 aliphatic heterocycles. The zero-order valence-electron chi connectivity index (χ0n) is 9.60. The molecular formula is C14H14N2O. The summed E-state index contributed by atoms with van der Waals surface area (Å²) in [7, 11) is 0. The van der Waals surface area contributed by atoms with E-state index >= 15 is 0 Å². The van der Waals surface area contributed by atoms with E-state index in [9.17, 15) is 4.79 Å². The monoisotopic (exact) mass is 226 g/mol. The largest absolute Gasteiger partial charge is 0.399 e. The van der Waals surface area contributed by atoms with E-state index in [1.807, 2.05) is 24.3 Å². The van der Waals surface area contributed by atoms with E-state index in [2.05, 4.69) is 0 Å². The Hall–Kier alpha value is -2.29. The average Bonchev–Trinajstić information content (AvgIpc) is 2.29. The molecule has 2 aromatic rings. The highest BCUT2D eigenvalue weighted by atomic mass is 16.1. The van der Waals surface area contributed by atoms with Crippen LogP contribution in [0.15, 0.2) is 42.5 Å². The zero-order valence-corrected chi connectivity index (χ0v) is 9.60. The van der Waals surface area contributed by atoms with Gasteiger partial charge in [0.1, 0.15) is 0 Å². The SMILES string of the molecule is CC(=O)c1cccc(-c2ccc(N)cc2N)c1. The van der Waals surface area contributed by atoms with Gasteiger partial charge in [0.2, 0.25) is 0 Å². The van der Waals surface area contributed by atoms with Crippen molar-refractivity contribution in [3.05, 3.63) is 48.0 Å². The smallest absolute Gasteiger partial charge is 0.159 e. The number of benzene rings is 2. The Kier molecular flexibility index (Phi) is 2.83. The molecule has 0 saturated heterocycles. The molecule has 0 aliphatic carbocycles. The van der Waals surface area contributed by atoms with Crippen molar-refractivity contribution in [1.82, 2.24) is 0 Å². The van der Waals surface area contributed by atoms with Crippen LogP contribution in [0, 0.1) is 0 Å². The third-order valence-corrected chi connectivity index (χ3v) is 2.66. The summed E-state index contributed by atoms with van der Waals surface area (Å²) >= 11 is 0. The minimum absolute atomic E-state index is 0.0425. The van der Waals surface area contributed by atoms with Crippen LogP contribution in [0.5, 0.6) is 0 Å². The second-order valence-corrected chi connectivity index (χ2v) is 3.98. The molecule has 3 nitrogen and oxygen atoms in total. The van der Waals surface area contributed by atoms with E-state index in [4.69, 9.17) is 11.5 Å². The van der Waals surface area contributed by atoms with Gasteiger partial charge in [0.05, 0.1) is 0 Å². The lowest BCUT2D eigenvalue weighted by atomic mass is 10.00. The topological polar surface area (TPSA) is 69.1 Å². The van der Waals surface area contributed by atoms with Gasteiger partial charge >= 0.3 is 0 Å². The van der Waals surface area contributed by atoms with Gasteiger partial charge in [0, 0.05) is 22.5 Å². The van der Waals surface area contributed by atoms with Gasteiger partial charge in [-0.25, -0.2) is 0 Å². The van der Waals surface area contributed by atoms with E-state index in [0.29, 0.717) is 16.9 Å². The van der Waals surface area contributed by atoms with Gasteiger partial charge in [-0.2, -0.15) is 0 Å². The van der Waals surface area contributed by atoms with Crippen LogP contribution in [0.3, 0.4) is 0 Å². The number of nitrogen functional groups attached to an aromatic ring is 2. The number of nitrogens with two attached hydrogens (primary N) is 2. The summed E-state index contributed by atoms with van der Waals surface area (Å²) in [5.74, 6) is 0.0425. The van der Waals surface area contributed by atoms with E-state index in [-0.39, 0.29) is 5.78 Å². The van der Waals surface area contributed by atoms with Gasteiger partial charge in [-0.15, -0.1) is 0 Å².